The monoisotopic (exact) mass is 321 g/mol. The lowest BCUT2D eigenvalue weighted by Gasteiger charge is -2.41. The Balaban J connectivity index is 1.66. The third-order valence-electron chi connectivity index (χ3n) is 5.60. The van der Waals surface area contributed by atoms with Crippen molar-refractivity contribution in [2.45, 2.75) is 32.2 Å². The second-order valence-electron chi connectivity index (χ2n) is 7.35. The van der Waals surface area contributed by atoms with Gasteiger partial charge in [-0.2, -0.15) is 0 Å². The molecule has 0 spiro atoms. The first-order valence-electron chi connectivity index (χ1n) is 8.74. The molecule has 0 bridgehead atoms. The Kier molecular flexibility index (Phi) is 3.60. The first kappa shape index (κ1) is 15.3. The largest absolute Gasteiger partial charge is 0.478 e. The zero-order chi connectivity index (χ0) is 16.8. The Hall–Kier alpha value is -2.29. The number of rotatable bonds is 3. The van der Waals surface area contributed by atoms with Crippen molar-refractivity contribution in [3.63, 3.8) is 0 Å². The van der Waals surface area contributed by atoms with E-state index in [-0.39, 0.29) is 0 Å². The predicted octanol–water partition coefficient (Wildman–Crippen LogP) is 4.46. The topological polar surface area (TPSA) is 40.5 Å². The Morgan fingerprint density at radius 3 is 2.38 bits per heavy atom. The molecule has 0 radical (unpaired) electrons. The summed E-state index contributed by atoms with van der Waals surface area (Å²) in [4.78, 5) is 13.5. The predicted molar refractivity (Wildman–Crippen MR) is 96.6 cm³/mol. The van der Waals surface area contributed by atoms with Crippen LogP contribution in [0.4, 0.5) is 5.69 Å². The second-order valence-corrected chi connectivity index (χ2v) is 7.35. The highest BCUT2D eigenvalue weighted by atomic mass is 16.4. The lowest BCUT2D eigenvalue weighted by Crippen LogP contribution is -2.43. The number of benzene rings is 2. The fourth-order valence-electron chi connectivity index (χ4n) is 4.31. The van der Waals surface area contributed by atoms with Gasteiger partial charge in [0, 0.05) is 18.8 Å². The van der Waals surface area contributed by atoms with E-state index < -0.39 is 5.97 Å². The van der Waals surface area contributed by atoms with Gasteiger partial charge in [0.05, 0.1) is 5.56 Å². The summed E-state index contributed by atoms with van der Waals surface area (Å²) in [6.45, 7) is 2.37. The summed E-state index contributed by atoms with van der Waals surface area (Å²) in [5, 5.41) is 9.03. The molecule has 24 heavy (non-hydrogen) atoms. The molecule has 1 saturated carbocycles. The molecule has 124 valence electrons. The molecule has 4 rings (SSSR count). The van der Waals surface area contributed by atoms with Crippen LogP contribution < -0.4 is 4.90 Å². The van der Waals surface area contributed by atoms with Gasteiger partial charge < -0.3 is 10.0 Å². The summed E-state index contributed by atoms with van der Waals surface area (Å²) in [6, 6.07) is 14.5. The van der Waals surface area contributed by atoms with Crippen LogP contribution in [0.5, 0.6) is 0 Å². The Morgan fingerprint density at radius 1 is 1.08 bits per heavy atom. The van der Waals surface area contributed by atoms with Crippen molar-refractivity contribution < 1.29 is 9.90 Å². The van der Waals surface area contributed by atoms with Gasteiger partial charge >= 0.3 is 5.97 Å². The van der Waals surface area contributed by atoms with Crippen LogP contribution in [0.3, 0.4) is 0 Å². The van der Waals surface area contributed by atoms with Gasteiger partial charge in [0.15, 0.2) is 0 Å². The molecule has 1 N–H and O–H groups in total. The van der Waals surface area contributed by atoms with E-state index in [1.54, 1.807) is 12.1 Å². The van der Waals surface area contributed by atoms with E-state index in [2.05, 4.69) is 37.1 Å². The Bertz CT molecular complexity index is 777. The van der Waals surface area contributed by atoms with Gasteiger partial charge in [-0.15, -0.1) is 0 Å². The smallest absolute Gasteiger partial charge is 0.335 e. The van der Waals surface area contributed by atoms with E-state index in [9.17, 15) is 4.79 Å². The Labute approximate surface area is 142 Å². The van der Waals surface area contributed by atoms with Crippen LogP contribution in [-0.4, -0.2) is 24.2 Å². The first-order valence-corrected chi connectivity index (χ1v) is 8.74. The second kappa shape index (κ2) is 5.66. The van der Waals surface area contributed by atoms with Crippen LogP contribution in [0, 0.1) is 11.8 Å². The molecule has 3 heteroatoms. The van der Waals surface area contributed by atoms with Crippen molar-refractivity contribution in [1.29, 1.82) is 0 Å². The van der Waals surface area contributed by atoms with Gasteiger partial charge in [-0.05, 0) is 72.1 Å². The number of carboxylic acid groups (broad SMARTS) is 1. The van der Waals surface area contributed by atoms with Gasteiger partial charge in [0.1, 0.15) is 0 Å². The van der Waals surface area contributed by atoms with E-state index in [0.717, 1.165) is 23.5 Å². The standard InChI is InChI=1S/C21H23NO2/c1-13-11-18-12-17(14-3-7-16(8-4-14)21(23)24)9-10-19(18)22(2)20(13)15-5-6-15/h3-4,7-10,12-13,15,20H,5-6,11H2,1-2H3,(H,23,24)/t13-,20-/m1/s1. The SMILES string of the molecule is C[C@@H]1Cc2cc(-c3ccc(C(=O)O)cc3)ccc2N(C)[C@H]1C1CC1. The van der Waals surface area contributed by atoms with Crippen molar-refractivity contribution in [2.75, 3.05) is 11.9 Å². The number of carbonyl (C=O) groups is 1. The molecule has 1 heterocycles. The third kappa shape index (κ3) is 2.58. The number of fused-ring (bicyclic) bond motifs is 1. The highest BCUT2D eigenvalue weighted by Gasteiger charge is 2.40. The van der Waals surface area contributed by atoms with E-state index in [1.165, 1.54) is 24.1 Å². The van der Waals surface area contributed by atoms with E-state index in [0.29, 0.717) is 17.5 Å². The first-order chi connectivity index (χ1) is 11.5. The molecule has 2 atom stereocenters. The number of anilines is 1. The van der Waals surface area contributed by atoms with Gasteiger partial charge in [0.25, 0.3) is 0 Å². The molecule has 1 fully saturated rings. The minimum atomic E-state index is -0.881. The van der Waals surface area contributed by atoms with E-state index in [4.69, 9.17) is 5.11 Å². The molecule has 2 aromatic rings. The zero-order valence-electron chi connectivity index (χ0n) is 14.2. The molecule has 2 aliphatic rings. The average Bonchev–Trinajstić information content (AvgIpc) is 3.39. The molecule has 1 aliphatic heterocycles. The van der Waals surface area contributed by atoms with Crippen molar-refractivity contribution >= 4 is 11.7 Å². The molecular weight excluding hydrogens is 298 g/mol. The lowest BCUT2D eigenvalue weighted by molar-refractivity contribution is 0.0697. The Morgan fingerprint density at radius 2 is 1.75 bits per heavy atom. The summed E-state index contributed by atoms with van der Waals surface area (Å²) in [6.07, 6.45) is 3.88. The van der Waals surface area contributed by atoms with Crippen LogP contribution in [0.1, 0.15) is 35.7 Å². The quantitative estimate of drug-likeness (QED) is 0.907. The van der Waals surface area contributed by atoms with Gasteiger partial charge in [0.2, 0.25) is 0 Å². The van der Waals surface area contributed by atoms with Crippen LogP contribution in [0.15, 0.2) is 42.5 Å². The maximum absolute atomic E-state index is 11.0. The van der Waals surface area contributed by atoms with Crippen molar-refractivity contribution in [2.24, 2.45) is 11.8 Å². The van der Waals surface area contributed by atoms with Gasteiger partial charge in [-0.3, -0.25) is 0 Å². The summed E-state index contributed by atoms with van der Waals surface area (Å²) in [5.74, 6) is 0.676. The summed E-state index contributed by atoms with van der Waals surface area (Å²) in [7, 11) is 2.23. The van der Waals surface area contributed by atoms with Crippen LogP contribution in [-0.2, 0) is 6.42 Å². The van der Waals surface area contributed by atoms with Crippen LogP contribution in [0.25, 0.3) is 11.1 Å². The number of hydrogen-bond acceptors (Lipinski definition) is 2. The highest BCUT2D eigenvalue weighted by Crippen LogP contribution is 2.45. The number of hydrogen-bond donors (Lipinski definition) is 1. The van der Waals surface area contributed by atoms with E-state index in [1.807, 2.05) is 12.1 Å². The molecule has 3 nitrogen and oxygen atoms in total. The number of aromatic carboxylic acids is 1. The molecule has 2 aromatic carbocycles. The van der Waals surface area contributed by atoms with Gasteiger partial charge in [-0.25, -0.2) is 4.79 Å². The summed E-state index contributed by atoms with van der Waals surface area (Å²) < 4.78 is 0. The maximum Gasteiger partial charge on any atom is 0.335 e. The molecule has 0 aromatic heterocycles. The number of nitrogens with zero attached hydrogens (tertiary/aromatic N) is 1. The molecule has 0 unspecified atom stereocenters. The van der Waals surface area contributed by atoms with Crippen LogP contribution in [0.2, 0.25) is 0 Å². The average molecular weight is 321 g/mol. The maximum atomic E-state index is 11.0. The highest BCUT2D eigenvalue weighted by molar-refractivity contribution is 5.88. The minimum absolute atomic E-state index is 0.331. The zero-order valence-corrected chi connectivity index (χ0v) is 14.2. The van der Waals surface area contributed by atoms with Crippen molar-refractivity contribution in [1.82, 2.24) is 0 Å². The molecule has 1 aliphatic carbocycles. The third-order valence-corrected chi connectivity index (χ3v) is 5.60. The van der Waals surface area contributed by atoms with Crippen LogP contribution >= 0.6 is 0 Å². The van der Waals surface area contributed by atoms with Crippen molar-refractivity contribution in [3.8, 4) is 11.1 Å². The fraction of sp³-hybridized carbons (Fsp3) is 0.381. The molecule has 0 saturated heterocycles. The molecule has 0 amide bonds. The number of carboxylic acids is 1. The summed E-state index contributed by atoms with van der Waals surface area (Å²) in [5.41, 5.74) is 5.33. The van der Waals surface area contributed by atoms with Crippen molar-refractivity contribution in [3.05, 3.63) is 53.6 Å². The minimum Gasteiger partial charge on any atom is -0.478 e. The molecular formula is C21H23NO2. The lowest BCUT2D eigenvalue weighted by atomic mass is 9.83. The normalized spacial score (nSPS) is 23.0. The summed E-state index contributed by atoms with van der Waals surface area (Å²) >= 11 is 0. The fourth-order valence-corrected chi connectivity index (χ4v) is 4.31. The van der Waals surface area contributed by atoms with E-state index >= 15 is 0 Å². The van der Waals surface area contributed by atoms with Gasteiger partial charge in [-0.1, -0.05) is 25.1 Å².